The van der Waals surface area contributed by atoms with Gasteiger partial charge in [0.25, 0.3) is 0 Å². The molecule has 0 fully saturated rings. The third-order valence-electron chi connectivity index (χ3n) is 3.33. The molecule has 0 amide bonds. The Morgan fingerprint density at radius 2 is 1.86 bits per heavy atom. The summed E-state index contributed by atoms with van der Waals surface area (Å²) in [5.74, 6) is 0.744. The Morgan fingerprint density at radius 3 is 2.62 bits per heavy atom. The number of benzene rings is 2. The van der Waals surface area contributed by atoms with Crippen LogP contribution in [0.4, 0.5) is 0 Å². The van der Waals surface area contributed by atoms with Gasteiger partial charge in [0.15, 0.2) is 0 Å². The second kappa shape index (κ2) is 8.06. The lowest BCUT2D eigenvalue weighted by molar-refractivity contribution is 0.304. The summed E-state index contributed by atoms with van der Waals surface area (Å²) < 4.78 is 5.89. The van der Waals surface area contributed by atoms with Crippen molar-refractivity contribution >= 4 is 11.6 Å². The summed E-state index contributed by atoms with van der Waals surface area (Å²) in [5, 5.41) is 4.08. The Hall–Kier alpha value is -1.51. The third-order valence-corrected chi connectivity index (χ3v) is 3.64. The highest BCUT2D eigenvalue weighted by Crippen LogP contribution is 2.26. The lowest BCUT2D eigenvalue weighted by Gasteiger charge is -2.13. The minimum absolute atomic E-state index is 0.535. The number of hydrogen-bond acceptors (Lipinski definition) is 2. The third kappa shape index (κ3) is 4.76. The van der Waals surface area contributed by atoms with Crippen LogP contribution in [0.5, 0.6) is 5.75 Å². The first-order chi connectivity index (χ1) is 10.2. The zero-order valence-corrected chi connectivity index (χ0v) is 13.4. The molecule has 112 valence electrons. The highest BCUT2D eigenvalue weighted by molar-refractivity contribution is 6.32. The first-order valence-corrected chi connectivity index (χ1v) is 7.75. The minimum atomic E-state index is 0.535. The molecule has 21 heavy (non-hydrogen) atoms. The molecule has 0 atom stereocenters. The Balaban J connectivity index is 2.04. The van der Waals surface area contributed by atoms with Crippen molar-refractivity contribution in [3.05, 3.63) is 64.2 Å². The Kier molecular flexibility index (Phi) is 6.09. The lowest BCUT2D eigenvalue weighted by Crippen LogP contribution is -2.15. The summed E-state index contributed by atoms with van der Waals surface area (Å²) in [5.41, 5.74) is 3.61. The predicted octanol–water partition coefficient (Wildman–Crippen LogP) is 4.73. The van der Waals surface area contributed by atoms with E-state index in [0.717, 1.165) is 30.8 Å². The molecular formula is C18H22ClNO. The number of rotatable bonds is 7. The highest BCUT2D eigenvalue weighted by atomic mass is 35.5. The van der Waals surface area contributed by atoms with Gasteiger partial charge in [0.1, 0.15) is 12.4 Å². The van der Waals surface area contributed by atoms with Gasteiger partial charge >= 0.3 is 0 Å². The van der Waals surface area contributed by atoms with Gasteiger partial charge in [-0.25, -0.2) is 0 Å². The molecule has 0 saturated carbocycles. The maximum absolute atomic E-state index is 6.17. The largest absolute Gasteiger partial charge is 0.487 e. The van der Waals surface area contributed by atoms with Crippen molar-refractivity contribution in [3.63, 3.8) is 0 Å². The maximum Gasteiger partial charge on any atom is 0.138 e. The molecule has 3 heteroatoms. The molecule has 2 aromatic carbocycles. The van der Waals surface area contributed by atoms with Crippen LogP contribution in [0.2, 0.25) is 5.02 Å². The van der Waals surface area contributed by atoms with E-state index in [9.17, 15) is 0 Å². The predicted molar refractivity (Wildman–Crippen MR) is 89.0 cm³/mol. The van der Waals surface area contributed by atoms with E-state index in [1.165, 1.54) is 11.1 Å². The molecule has 0 radical (unpaired) electrons. The monoisotopic (exact) mass is 303 g/mol. The molecule has 1 N–H and O–H groups in total. The Morgan fingerprint density at radius 1 is 1.10 bits per heavy atom. The maximum atomic E-state index is 6.17. The standard InChI is InChI=1S/C18H22ClNO/c1-3-10-20-12-15-6-4-5-7-16(15)13-21-18-11-14(2)8-9-17(18)19/h4-9,11,20H,3,10,12-13H2,1-2H3. The van der Waals surface area contributed by atoms with Gasteiger partial charge in [0.05, 0.1) is 5.02 Å². The molecule has 0 aliphatic rings. The zero-order chi connectivity index (χ0) is 15.1. The zero-order valence-electron chi connectivity index (χ0n) is 12.7. The van der Waals surface area contributed by atoms with Gasteiger partial charge in [-0.15, -0.1) is 0 Å². The molecule has 2 rings (SSSR count). The average molecular weight is 304 g/mol. The van der Waals surface area contributed by atoms with Crippen LogP contribution in [0.15, 0.2) is 42.5 Å². The smallest absolute Gasteiger partial charge is 0.138 e. The Bertz CT molecular complexity index is 583. The summed E-state index contributed by atoms with van der Waals surface area (Å²) in [4.78, 5) is 0. The number of hydrogen-bond donors (Lipinski definition) is 1. The van der Waals surface area contributed by atoms with Crippen LogP contribution in [0.25, 0.3) is 0 Å². The SMILES string of the molecule is CCCNCc1ccccc1COc1cc(C)ccc1Cl. The van der Waals surface area contributed by atoms with Crippen molar-refractivity contribution in [3.8, 4) is 5.75 Å². The summed E-state index contributed by atoms with van der Waals surface area (Å²) in [6.45, 7) is 6.63. The van der Waals surface area contributed by atoms with Crippen LogP contribution in [0, 0.1) is 6.92 Å². The topological polar surface area (TPSA) is 21.3 Å². The van der Waals surface area contributed by atoms with Gasteiger partial charge in [-0.05, 0) is 48.7 Å². The molecule has 0 saturated heterocycles. The van der Waals surface area contributed by atoms with Crippen LogP contribution in [0.1, 0.15) is 30.0 Å². The van der Waals surface area contributed by atoms with Gasteiger partial charge in [0.2, 0.25) is 0 Å². The van der Waals surface area contributed by atoms with Crippen molar-refractivity contribution in [1.82, 2.24) is 5.32 Å². The summed E-state index contributed by atoms with van der Waals surface area (Å²) in [6, 6.07) is 14.2. The van der Waals surface area contributed by atoms with E-state index in [4.69, 9.17) is 16.3 Å². The van der Waals surface area contributed by atoms with Gasteiger partial charge in [-0.2, -0.15) is 0 Å². The van der Waals surface area contributed by atoms with Crippen molar-refractivity contribution in [2.24, 2.45) is 0 Å². The first-order valence-electron chi connectivity index (χ1n) is 7.37. The summed E-state index contributed by atoms with van der Waals surface area (Å²) in [7, 11) is 0. The van der Waals surface area contributed by atoms with Crippen molar-refractivity contribution in [2.45, 2.75) is 33.4 Å². The van der Waals surface area contributed by atoms with Gasteiger partial charge < -0.3 is 10.1 Å². The molecule has 0 spiro atoms. The van der Waals surface area contributed by atoms with E-state index < -0.39 is 0 Å². The van der Waals surface area contributed by atoms with Crippen LogP contribution < -0.4 is 10.1 Å². The molecule has 0 heterocycles. The van der Waals surface area contributed by atoms with E-state index in [0.29, 0.717) is 11.6 Å². The number of ether oxygens (including phenoxy) is 1. The minimum Gasteiger partial charge on any atom is -0.487 e. The van der Waals surface area contributed by atoms with Crippen LogP contribution in [-0.4, -0.2) is 6.54 Å². The molecule has 0 aromatic heterocycles. The van der Waals surface area contributed by atoms with Crippen molar-refractivity contribution < 1.29 is 4.74 Å². The summed E-state index contributed by atoms with van der Waals surface area (Å²) >= 11 is 6.17. The molecule has 0 bridgehead atoms. The molecule has 0 aliphatic heterocycles. The fourth-order valence-corrected chi connectivity index (χ4v) is 2.32. The van der Waals surface area contributed by atoms with Gasteiger partial charge in [0, 0.05) is 6.54 Å². The van der Waals surface area contributed by atoms with E-state index in [-0.39, 0.29) is 0 Å². The molecular weight excluding hydrogens is 282 g/mol. The normalized spacial score (nSPS) is 10.6. The molecule has 2 nitrogen and oxygen atoms in total. The van der Waals surface area contributed by atoms with E-state index in [1.807, 2.05) is 31.2 Å². The quantitative estimate of drug-likeness (QED) is 0.747. The van der Waals surface area contributed by atoms with Gasteiger partial charge in [-0.3, -0.25) is 0 Å². The molecule has 0 aliphatic carbocycles. The Labute approximate surface area is 132 Å². The molecule has 2 aromatic rings. The average Bonchev–Trinajstić information content (AvgIpc) is 2.49. The first kappa shape index (κ1) is 15.9. The number of halogens is 1. The number of aryl methyl sites for hydroxylation is 1. The van der Waals surface area contributed by atoms with E-state index in [2.05, 4.69) is 30.4 Å². The fourth-order valence-electron chi connectivity index (χ4n) is 2.15. The van der Waals surface area contributed by atoms with E-state index >= 15 is 0 Å². The van der Waals surface area contributed by atoms with Crippen molar-refractivity contribution in [2.75, 3.05) is 6.54 Å². The second-order valence-electron chi connectivity index (χ2n) is 5.17. The summed E-state index contributed by atoms with van der Waals surface area (Å²) in [6.07, 6.45) is 1.14. The van der Waals surface area contributed by atoms with Crippen LogP contribution in [0.3, 0.4) is 0 Å². The van der Waals surface area contributed by atoms with Crippen LogP contribution in [-0.2, 0) is 13.2 Å². The van der Waals surface area contributed by atoms with Crippen molar-refractivity contribution in [1.29, 1.82) is 0 Å². The highest BCUT2D eigenvalue weighted by Gasteiger charge is 2.05. The number of nitrogens with one attached hydrogen (secondary N) is 1. The van der Waals surface area contributed by atoms with E-state index in [1.54, 1.807) is 0 Å². The fraction of sp³-hybridized carbons (Fsp3) is 0.333. The van der Waals surface area contributed by atoms with Crippen LogP contribution >= 0.6 is 11.6 Å². The molecule has 0 unspecified atom stereocenters. The lowest BCUT2D eigenvalue weighted by atomic mass is 10.1. The second-order valence-corrected chi connectivity index (χ2v) is 5.58. The van der Waals surface area contributed by atoms with Gasteiger partial charge in [-0.1, -0.05) is 48.9 Å².